The number of fused-ring (bicyclic) bond motifs is 1. The molecule has 0 aliphatic carbocycles. The molecule has 6 nitrogen and oxygen atoms in total. The van der Waals surface area contributed by atoms with Crippen LogP contribution in [0.5, 0.6) is 0 Å². The first kappa shape index (κ1) is 13.0. The van der Waals surface area contributed by atoms with Crippen molar-refractivity contribution in [2.45, 2.75) is 31.3 Å². The zero-order chi connectivity index (χ0) is 14.2. The Labute approximate surface area is 124 Å². The van der Waals surface area contributed by atoms with Gasteiger partial charge in [-0.05, 0) is 44.5 Å². The molecule has 2 aliphatic heterocycles. The molecular formula is C15H22N6. The molecule has 2 aliphatic rings. The maximum absolute atomic E-state index is 6.00. The number of pyridine rings is 1. The Hall–Kier alpha value is -1.66. The lowest BCUT2D eigenvalue weighted by atomic mass is 10.0. The molecule has 4 heterocycles. The maximum atomic E-state index is 6.00. The van der Waals surface area contributed by atoms with Crippen molar-refractivity contribution in [3.05, 3.63) is 24.4 Å². The Kier molecular flexibility index (Phi) is 3.27. The number of rotatable bonds is 2. The molecule has 2 fully saturated rings. The van der Waals surface area contributed by atoms with E-state index in [2.05, 4.69) is 19.9 Å². The van der Waals surface area contributed by atoms with Crippen LogP contribution in [-0.2, 0) is 0 Å². The molecule has 2 aromatic heterocycles. The lowest BCUT2D eigenvalue weighted by molar-refractivity contribution is 0.163. The second kappa shape index (κ2) is 5.27. The van der Waals surface area contributed by atoms with Crippen LogP contribution in [0.3, 0.4) is 0 Å². The van der Waals surface area contributed by atoms with Crippen molar-refractivity contribution in [2.24, 2.45) is 5.73 Å². The zero-order valence-corrected chi connectivity index (χ0v) is 12.2. The normalized spacial score (nSPS) is 25.0. The largest absolute Gasteiger partial charge is 0.338 e. The van der Waals surface area contributed by atoms with Gasteiger partial charge in [-0.2, -0.15) is 4.98 Å². The van der Waals surface area contributed by atoms with Gasteiger partial charge in [0.25, 0.3) is 0 Å². The summed E-state index contributed by atoms with van der Waals surface area (Å²) in [5, 5.41) is 4.58. The van der Waals surface area contributed by atoms with Gasteiger partial charge in [0.05, 0.1) is 0 Å². The van der Waals surface area contributed by atoms with Gasteiger partial charge in [-0.1, -0.05) is 6.07 Å². The zero-order valence-electron chi connectivity index (χ0n) is 12.2. The fourth-order valence-electron chi connectivity index (χ4n) is 3.46. The smallest absolute Gasteiger partial charge is 0.245 e. The van der Waals surface area contributed by atoms with Crippen molar-refractivity contribution in [3.8, 4) is 0 Å². The minimum atomic E-state index is 0.402. The van der Waals surface area contributed by atoms with Crippen LogP contribution in [0.25, 0.3) is 5.65 Å². The second-order valence-electron chi connectivity index (χ2n) is 6.18. The second-order valence-corrected chi connectivity index (χ2v) is 6.18. The molecule has 21 heavy (non-hydrogen) atoms. The van der Waals surface area contributed by atoms with Crippen LogP contribution in [0.15, 0.2) is 24.4 Å². The van der Waals surface area contributed by atoms with Crippen LogP contribution in [0, 0.1) is 0 Å². The van der Waals surface area contributed by atoms with Gasteiger partial charge in [0.2, 0.25) is 5.95 Å². The predicted molar refractivity (Wildman–Crippen MR) is 82.4 cm³/mol. The number of hydrogen-bond donors (Lipinski definition) is 1. The quantitative estimate of drug-likeness (QED) is 0.882. The average molecular weight is 286 g/mol. The first-order valence-electron chi connectivity index (χ1n) is 7.85. The molecule has 0 radical (unpaired) electrons. The van der Waals surface area contributed by atoms with Crippen LogP contribution in [-0.4, -0.2) is 57.8 Å². The summed E-state index contributed by atoms with van der Waals surface area (Å²) < 4.78 is 1.85. The van der Waals surface area contributed by atoms with Crippen molar-refractivity contribution in [2.75, 3.05) is 31.1 Å². The van der Waals surface area contributed by atoms with E-state index in [1.165, 1.54) is 6.42 Å². The molecule has 4 rings (SSSR count). The van der Waals surface area contributed by atoms with Crippen molar-refractivity contribution >= 4 is 11.6 Å². The third-order valence-electron chi connectivity index (χ3n) is 4.77. The SMILES string of the molecule is NC1CCN(C2CCN(c3nc4ccccn4n3)C2)CC1. The van der Waals surface area contributed by atoms with Gasteiger partial charge in [-0.15, -0.1) is 5.10 Å². The Balaban J connectivity index is 1.46. The molecule has 112 valence electrons. The standard InChI is InChI=1S/C15H22N6/c16-12-4-8-19(9-5-12)13-6-10-20(11-13)15-17-14-3-1-2-7-21(14)18-15/h1-3,7,12-13H,4-6,8-11,16H2. The van der Waals surface area contributed by atoms with E-state index in [-0.39, 0.29) is 0 Å². The summed E-state index contributed by atoms with van der Waals surface area (Å²) in [6, 6.07) is 7.01. The Morgan fingerprint density at radius 2 is 1.95 bits per heavy atom. The molecule has 0 amide bonds. The summed E-state index contributed by atoms with van der Waals surface area (Å²) in [5.74, 6) is 0.859. The fourth-order valence-corrected chi connectivity index (χ4v) is 3.46. The van der Waals surface area contributed by atoms with Gasteiger partial charge in [0.15, 0.2) is 5.65 Å². The molecule has 0 bridgehead atoms. The van der Waals surface area contributed by atoms with Crippen LogP contribution in [0.2, 0.25) is 0 Å². The summed E-state index contributed by atoms with van der Waals surface area (Å²) in [6.07, 6.45) is 5.41. The van der Waals surface area contributed by atoms with Crippen molar-refractivity contribution < 1.29 is 0 Å². The van der Waals surface area contributed by atoms with Gasteiger partial charge >= 0.3 is 0 Å². The Morgan fingerprint density at radius 1 is 1.10 bits per heavy atom. The molecule has 2 N–H and O–H groups in total. The minimum absolute atomic E-state index is 0.402. The fraction of sp³-hybridized carbons (Fsp3) is 0.600. The Bertz CT molecular complexity index is 582. The molecule has 1 unspecified atom stereocenters. The topological polar surface area (TPSA) is 62.7 Å². The van der Waals surface area contributed by atoms with Gasteiger partial charge in [0, 0.05) is 31.4 Å². The number of nitrogens with two attached hydrogens (primary N) is 1. The van der Waals surface area contributed by atoms with Gasteiger partial charge in [-0.25, -0.2) is 4.52 Å². The van der Waals surface area contributed by atoms with Gasteiger partial charge in [0.1, 0.15) is 0 Å². The predicted octanol–water partition coefficient (Wildman–Crippen LogP) is 0.731. The van der Waals surface area contributed by atoms with E-state index in [9.17, 15) is 0 Å². The van der Waals surface area contributed by atoms with Crippen LogP contribution < -0.4 is 10.6 Å². The summed E-state index contributed by atoms with van der Waals surface area (Å²) in [6.45, 7) is 4.35. The number of hydrogen-bond acceptors (Lipinski definition) is 5. The van der Waals surface area contributed by atoms with Crippen LogP contribution in [0.4, 0.5) is 5.95 Å². The van der Waals surface area contributed by atoms with E-state index in [0.717, 1.165) is 50.6 Å². The highest BCUT2D eigenvalue weighted by Crippen LogP contribution is 2.23. The van der Waals surface area contributed by atoms with Crippen LogP contribution >= 0.6 is 0 Å². The van der Waals surface area contributed by atoms with E-state index >= 15 is 0 Å². The highest BCUT2D eigenvalue weighted by molar-refractivity contribution is 5.45. The molecule has 1 atom stereocenters. The third kappa shape index (κ3) is 2.49. The molecule has 2 saturated heterocycles. The lowest BCUT2D eigenvalue weighted by Gasteiger charge is -2.34. The van der Waals surface area contributed by atoms with Crippen LogP contribution in [0.1, 0.15) is 19.3 Å². The van der Waals surface area contributed by atoms with E-state index < -0.39 is 0 Å². The third-order valence-corrected chi connectivity index (χ3v) is 4.77. The molecule has 0 aromatic carbocycles. The number of aromatic nitrogens is 3. The molecule has 0 saturated carbocycles. The first-order chi connectivity index (χ1) is 10.3. The molecule has 0 spiro atoms. The maximum Gasteiger partial charge on any atom is 0.245 e. The summed E-state index contributed by atoms with van der Waals surface area (Å²) in [7, 11) is 0. The average Bonchev–Trinajstić information content (AvgIpc) is 3.14. The van der Waals surface area contributed by atoms with Gasteiger partial charge in [-0.3, -0.25) is 4.90 Å². The molecule has 6 heteroatoms. The highest BCUT2D eigenvalue weighted by atomic mass is 15.4. The highest BCUT2D eigenvalue weighted by Gasteiger charge is 2.31. The van der Waals surface area contributed by atoms with Gasteiger partial charge < -0.3 is 10.6 Å². The van der Waals surface area contributed by atoms with E-state index in [1.54, 1.807) is 0 Å². The lowest BCUT2D eigenvalue weighted by Crippen LogP contribution is -2.46. The summed E-state index contributed by atoms with van der Waals surface area (Å²) in [4.78, 5) is 9.53. The number of nitrogens with zero attached hydrogens (tertiary/aromatic N) is 5. The van der Waals surface area contributed by atoms with E-state index in [0.29, 0.717) is 12.1 Å². The minimum Gasteiger partial charge on any atom is -0.338 e. The first-order valence-corrected chi connectivity index (χ1v) is 7.85. The number of piperidine rings is 1. The van der Waals surface area contributed by atoms with E-state index in [4.69, 9.17) is 5.73 Å². The van der Waals surface area contributed by atoms with Crippen molar-refractivity contribution in [1.29, 1.82) is 0 Å². The summed E-state index contributed by atoms with van der Waals surface area (Å²) >= 11 is 0. The van der Waals surface area contributed by atoms with E-state index in [1.807, 2.05) is 28.9 Å². The van der Waals surface area contributed by atoms with Crippen molar-refractivity contribution in [1.82, 2.24) is 19.5 Å². The van der Waals surface area contributed by atoms with Crippen molar-refractivity contribution in [3.63, 3.8) is 0 Å². The monoisotopic (exact) mass is 286 g/mol. The number of likely N-dealkylation sites (tertiary alicyclic amines) is 1. The molecule has 2 aromatic rings. The Morgan fingerprint density at radius 3 is 2.76 bits per heavy atom. The summed E-state index contributed by atoms with van der Waals surface area (Å²) in [5.41, 5.74) is 6.91. The number of anilines is 1. The molecular weight excluding hydrogens is 264 g/mol.